The largest absolute Gasteiger partial charge is 0.496 e. The number of anilines is 1. The van der Waals surface area contributed by atoms with Gasteiger partial charge >= 0.3 is 0 Å². The van der Waals surface area contributed by atoms with E-state index in [1.807, 2.05) is 26.0 Å². The summed E-state index contributed by atoms with van der Waals surface area (Å²) in [6, 6.07) is 10.9. The summed E-state index contributed by atoms with van der Waals surface area (Å²) in [7, 11) is 1.60. The number of ketones is 1. The fourth-order valence-corrected chi connectivity index (χ4v) is 2.55. The van der Waals surface area contributed by atoms with Crippen LogP contribution in [-0.2, 0) is 11.2 Å². The predicted octanol–water partition coefficient (Wildman–Crippen LogP) is 3.70. The second kappa shape index (κ2) is 7.09. The smallest absolute Gasteiger partial charge is 0.228 e. The quantitative estimate of drug-likeness (QED) is 0.857. The van der Waals surface area contributed by atoms with Crippen molar-refractivity contribution in [3.05, 3.63) is 58.7 Å². The molecule has 120 valence electrons. The standard InChI is InChI=1S/C19H21NO3/c1-12-8-13(2)17(18(9-12)23-4)11-19(22)20-16-7-5-6-15(10-16)14(3)21/h5-10H,11H2,1-4H3,(H,20,22). The number of aryl methyl sites for hydroxylation is 2. The SMILES string of the molecule is COc1cc(C)cc(C)c1CC(=O)Nc1cccc(C(C)=O)c1. The van der Waals surface area contributed by atoms with Crippen molar-refractivity contribution in [1.29, 1.82) is 0 Å². The highest BCUT2D eigenvalue weighted by Crippen LogP contribution is 2.25. The number of carbonyl (C=O) groups is 2. The fraction of sp³-hybridized carbons (Fsp3) is 0.263. The van der Waals surface area contributed by atoms with E-state index in [4.69, 9.17) is 4.74 Å². The van der Waals surface area contributed by atoms with E-state index in [9.17, 15) is 9.59 Å². The van der Waals surface area contributed by atoms with Crippen molar-refractivity contribution in [2.75, 3.05) is 12.4 Å². The van der Waals surface area contributed by atoms with Crippen molar-refractivity contribution >= 4 is 17.4 Å². The van der Waals surface area contributed by atoms with Crippen LogP contribution in [0.1, 0.15) is 34.0 Å². The maximum Gasteiger partial charge on any atom is 0.228 e. The lowest BCUT2D eigenvalue weighted by atomic mass is 10.0. The third kappa shape index (κ3) is 4.19. The van der Waals surface area contributed by atoms with Gasteiger partial charge in [-0.2, -0.15) is 0 Å². The highest BCUT2D eigenvalue weighted by Gasteiger charge is 2.13. The van der Waals surface area contributed by atoms with Crippen LogP contribution >= 0.6 is 0 Å². The molecule has 0 aliphatic heterocycles. The zero-order chi connectivity index (χ0) is 17.0. The van der Waals surface area contributed by atoms with Crippen molar-refractivity contribution < 1.29 is 14.3 Å². The lowest BCUT2D eigenvalue weighted by Crippen LogP contribution is -2.16. The Labute approximate surface area is 136 Å². The molecule has 0 bridgehead atoms. The maximum atomic E-state index is 12.3. The van der Waals surface area contributed by atoms with Crippen molar-refractivity contribution in [1.82, 2.24) is 0 Å². The van der Waals surface area contributed by atoms with Gasteiger partial charge < -0.3 is 10.1 Å². The number of rotatable bonds is 5. The van der Waals surface area contributed by atoms with Gasteiger partial charge in [0.25, 0.3) is 0 Å². The van der Waals surface area contributed by atoms with Crippen LogP contribution in [0.5, 0.6) is 5.75 Å². The van der Waals surface area contributed by atoms with Crippen molar-refractivity contribution in [2.24, 2.45) is 0 Å². The molecule has 1 amide bonds. The number of amides is 1. The van der Waals surface area contributed by atoms with Crippen molar-refractivity contribution in [3.8, 4) is 5.75 Å². The Morgan fingerprint density at radius 3 is 2.52 bits per heavy atom. The summed E-state index contributed by atoms with van der Waals surface area (Å²) >= 11 is 0. The van der Waals surface area contributed by atoms with Gasteiger partial charge in [0, 0.05) is 16.8 Å². The fourth-order valence-electron chi connectivity index (χ4n) is 2.55. The first kappa shape index (κ1) is 16.7. The Hall–Kier alpha value is -2.62. The van der Waals surface area contributed by atoms with Gasteiger partial charge in [0.15, 0.2) is 5.78 Å². The van der Waals surface area contributed by atoms with Gasteiger partial charge in [0.1, 0.15) is 5.75 Å². The zero-order valence-corrected chi connectivity index (χ0v) is 13.9. The summed E-state index contributed by atoms with van der Waals surface area (Å²) in [6.07, 6.45) is 0.222. The third-order valence-electron chi connectivity index (χ3n) is 3.69. The van der Waals surface area contributed by atoms with Crippen LogP contribution in [0.2, 0.25) is 0 Å². The van der Waals surface area contributed by atoms with Crippen LogP contribution in [0.25, 0.3) is 0 Å². The lowest BCUT2D eigenvalue weighted by molar-refractivity contribution is -0.115. The number of Topliss-reactive ketones (excluding diaryl/α,β-unsaturated/α-hetero) is 1. The molecule has 4 heteroatoms. The average molecular weight is 311 g/mol. The van der Waals surface area contributed by atoms with E-state index >= 15 is 0 Å². The van der Waals surface area contributed by atoms with Crippen LogP contribution in [-0.4, -0.2) is 18.8 Å². The van der Waals surface area contributed by atoms with E-state index in [1.165, 1.54) is 6.92 Å². The molecule has 0 unspecified atom stereocenters. The van der Waals surface area contributed by atoms with Crippen LogP contribution in [0.15, 0.2) is 36.4 Å². The number of hydrogen-bond donors (Lipinski definition) is 1. The van der Waals surface area contributed by atoms with E-state index in [2.05, 4.69) is 5.32 Å². The molecule has 0 aliphatic carbocycles. The molecular weight excluding hydrogens is 290 g/mol. The first-order chi connectivity index (χ1) is 10.9. The third-order valence-corrected chi connectivity index (χ3v) is 3.69. The monoisotopic (exact) mass is 311 g/mol. The van der Waals surface area contributed by atoms with Gasteiger partial charge in [-0.3, -0.25) is 9.59 Å². The molecule has 2 rings (SSSR count). The summed E-state index contributed by atoms with van der Waals surface area (Å²) in [5.74, 6) is 0.545. The summed E-state index contributed by atoms with van der Waals surface area (Å²) in [6.45, 7) is 5.46. The molecule has 23 heavy (non-hydrogen) atoms. The summed E-state index contributed by atoms with van der Waals surface area (Å²) in [4.78, 5) is 23.7. The summed E-state index contributed by atoms with van der Waals surface area (Å²) < 4.78 is 5.38. The zero-order valence-electron chi connectivity index (χ0n) is 13.9. The van der Waals surface area contributed by atoms with Gasteiger partial charge in [-0.25, -0.2) is 0 Å². The van der Waals surface area contributed by atoms with Crippen molar-refractivity contribution in [2.45, 2.75) is 27.2 Å². The van der Waals surface area contributed by atoms with Crippen LogP contribution < -0.4 is 10.1 Å². The van der Waals surface area contributed by atoms with Crippen LogP contribution in [0.3, 0.4) is 0 Å². The second-order valence-corrected chi connectivity index (χ2v) is 5.62. The average Bonchev–Trinajstić information content (AvgIpc) is 2.49. The van der Waals surface area contributed by atoms with Crippen LogP contribution in [0, 0.1) is 13.8 Å². The Kier molecular flexibility index (Phi) is 5.16. The topological polar surface area (TPSA) is 55.4 Å². The van der Waals surface area contributed by atoms with Gasteiger partial charge in [-0.05, 0) is 50.1 Å². The molecule has 0 saturated carbocycles. The summed E-state index contributed by atoms with van der Waals surface area (Å²) in [5.41, 5.74) is 4.18. The first-order valence-electron chi connectivity index (χ1n) is 7.45. The highest BCUT2D eigenvalue weighted by molar-refractivity contribution is 5.97. The molecule has 0 radical (unpaired) electrons. The Morgan fingerprint density at radius 2 is 1.87 bits per heavy atom. The molecule has 0 aliphatic rings. The van der Waals surface area contributed by atoms with Gasteiger partial charge in [0.2, 0.25) is 5.91 Å². The van der Waals surface area contributed by atoms with E-state index in [0.29, 0.717) is 11.3 Å². The number of nitrogens with one attached hydrogen (secondary N) is 1. The number of carbonyl (C=O) groups excluding carboxylic acids is 2. The predicted molar refractivity (Wildman–Crippen MR) is 91.2 cm³/mol. The minimum absolute atomic E-state index is 0.0304. The normalized spacial score (nSPS) is 10.3. The maximum absolute atomic E-state index is 12.3. The molecule has 0 spiro atoms. The number of methoxy groups -OCH3 is 1. The molecule has 2 aromatic rings. The summed E-state index contributed by atoms with van der Waals surface area (Å²) in [5, 5.41) is 2.83. The molecular formula is C19H21NO3. The molecule has 0 fully saturated rings. The molecule has 0 aromatic heterocycles. The van der Waals surface area contributed by atoms with Gasteiger partial charge in [0.05, 0.1) is 13.5 Å². The van der Waals surface area contributed by atoms with Crippen LogP contribution in [0.4, 0.5) is 5.69 Å². The number of ether oxygens (including phenoxy) is 1. The number of hydrogen-bond acceptors (Lipinski definition) is 3. The Balaban J connectivity index is 2.17. The number of benzene rings is 2. The van der Waals surface area contributed by atoms with Crippen molar-refractivity contribution in [3.63, 3.8) is 0 Å². The first-order valence-corrected chi connectivity index (χ1v) is 7.45. The Bertz CT molecular complexity index is 750. The second-order valence-electron chi connectivity index (χ2n) is 5.62. The molecule has 0 heterocycles. The lowest BCUT2D eigenvalue weighted by Gasteiger charge is -2.13. The Morgan fingerprint density at radius 1 is 1.13 bits per heavy atom. The molecule has 0 saturated heterocycles. The molecule has 1 N–H and O–H groups in total. The minimum Gasteiger partial charge on any atom is -0.496 e. The van der Waals surface area contributed by atoms with Gasteiger partial charge in [-0.1, -0.05) is 18.2 Å². The van der Waals surface area contributed by atoms with Gasteiger partial charge in [-0.15, -0.1) is 0 Å². The molecule has 2 aromatic carbocycles. The molecule has 4 nitrogen and oxygen atoms in total. The van der Waals surface area contributed by atoms with E-state index in [-0.39, 0.29) is 18.1 Å². The van der Waals surface area contributed by atoms with E-state index < -0.39 is 0 Å². The molecule has 0 atom stereocenters. The van der Waals surface area contributed by atoms with E-state index in [0.717, 1.165) is 22.4 Å². The van der Waals surface area contributed by atoms with E-state index in [1.54, 1.807) is 31.4 Å². The highest BCUT2D eigenvalue weighted by atomic mass is 16.5. The minimum atomic E-state index is -0.143.